The van der Waals surface area contributed by atoms with Crippen LogP contribution in [0.2, 0.25) is 0 Å². The zero-order valence-corrected chi connectivity index (χ0v) is 12.4. The van der Waals surface area contributed by atoms with Gasteiger partial charge in [-0.15, -0.1) is 0 Å². The van der Waals surface area contributed by atoms with Crippen molar-refractivity contribution < 1.29 is 23.0 Å². The Balaban J connectivity index is 2.05. The number of esters is 1. The molecular formula is C16H12F2O3S. The predicted molar refractivity (Wildman–Crippen MR) is 77.8 cm³/mol. The molecule has 0 spiro atoms. The Labute approximate surface area is 130 Å². The summed E-state index contributed by atoms with van der Waals surface area (Å²) in [5.41, 5.74) is 0.133. The first-order chi connectivity index (χ1) is 10.5. The number of ether oxygens (including phenoxy) is 2. The maximum absolute atomic E-state index is 14.9. The van der Waals surface area contributed by atoms with Crippen LogP contribution in [0.5, 0.6) is 0 Å². The molecule has 0 saturated carbocycles. The van der Waals surface area contributed by atoms with Gasteiger partial charge in [-0.25, -0.2) is 4.79 Å². The van der Waals surface area contributed by atoms with Crippen LogP contribution < -0.4 is 0 Å². The third-order valence-electron chi connectivity index (χ3n) is 3.40. The van der Waals surface area contributed by atoms with Gasteiger partial charge in [-0.3, -0.25) is 0 Å². The van der Waals surface area contributed by atoms with Crippen LogP contribution in [0.25, 0.3) is 0 Å². The van der Waals surface area contributed by atoms with Crippen molar-refractivity contribution in [3.63, 3.8) is 0 Å². The molecule has 0 fully saturated rings. The number of cyclic esters (lactones) is 1. The number of alkyl halides is 2. The molecule has 1 aliphatic heterocycles. The number of benzene rings is 2. The quantitative estimate of drug-likeness (QED) is 0.629. The van der Waals surface area contributed by atoms with Gasteiger partial charge >= 0.3 is 17.0 Å². The molecule has 3 rings (SSSR count). The molecule has 1 atom stereocenters. The second kappa shape index (κ2) is 5.37. The number of halogens is 2. The number of rotatable bonds is 4. The van der Waals surface area contributed by atoms with Gasteiger partial charge in [0.2, 0.25) is 0 Å². The van der Waals surface area contributed by atoms with Crippen LogP contribution in [0.15, 0.2) is 59.5 Å². The number of carbonyl (C=O) groups is 1. The monoisotopic (exact) mass is 322 g/mol. The lowest BCUT2D eigenvalue weighted by molar-refractivity contribution is -0.271. The second-order valence-corrected chi connectivity index (χ2v) is 5.88. The minimum absolute atomic E-state index is 0.0379. The zero-order chi connectivity index (χ0) is 15.8. The van der Waals surface area contributed by atoms with Gasteiger partial charge in [0.1, 0.15) is 0 Å². The van der Waals surface area contributed by atoms with E-state index in [1.807, 2.05) is 0 Å². The first-order valence-corrected chi connectivity index (χ1v) is 7.32. The van der Waals surface area contributed by atoms with Gasteiger partial charge in [0.25, 0.3) is 0 Å². The number of carbonyl (C=O) groups excluding carboxylic acids is 1. The Morgan fingerprint density at radius 1 is 1.09 bits per heavy atom. The SMILES string of the molecule is COC1(C(F)(F)Sc2ccccc2)OC(=O)c2ccccc21. The summed E-state index contributed by atoms with van der Waals surface area (Å²) in [7, 11) is 1.11. The van der Waals surface area contributed by atoms with E-state index >= 15 is 0 Å². The van der Waals surface area contributed by atoms with Crippen molar-refractivity contribution in [2.75, 3.05) is 7.11 Å². The Bertz CT molecular complexity index is 706. The molecule has 2 aromatic rings. The summed E-state index contributed by atoms with van der Waals surface area (Å²) < 4.78 is 39.8. The van der Waals surface area contributed by atoms with Crippen LogP contribution in [0.4, 0.5) is 8.78 Å². The first-order valence-electron chi connectivity index (χ1n) is 6.50. The van der Waals surface area contributed by atoms with Crippen LogP contribution in [-0.2, 0) is 15.3 Å². The maximum atomic E-state index is 14.9. The molecule has 22 heavy (non-hydrogen) atoms. The molecule has 6 heteroatoms. The normalized spacial score (nSPS) is 20.6. The van der Waals surface area contributed by atoms with E-state index in [0.717, 1.165) is 7.11 Å². The number of methoxy groups -OCH3 is 1. The number of hydrogen-bond donors (Lipinski definition) is 0. The van der Waals surface area contributed by atoms with Crippen LogP contribution >= 0.6 is 11.8 Å². The molecule has 3 nitrogen and oxygen atoms in total. The molecule has 0 N–H and O–H groups in total. The van der Waals surface area contributed by atoms with Crippen molar-refractivity contribution in [1.29, 1.82) is 0 Å². The van der Waals surface area contributed by atoms with Gasteiger partial charge in [0.15, 0.2) is 0 Å². The predicted octanol–water partition coefficient (Wildman–Crippen LogP) is 4.04. The van der Waals surface area contributed by atoms with Gasteiger partial charge in [0.05, 0.1) is 5.56 Å². The van der Waals surface area contributed by atoms with Gasteiger partial charge in [-0.1, -0.05) is 36.4 Å². The Hall–Kier alpha value is -1.92. The van der Waals surface area contributed by atoms with Gasteiger partial charge in [-0.05, 0) is 30.0 Å². The first kappa shape index (κ1) is 15.0. The average Bonchev–Trinajstić information content (AvgIpc) is 2.82. The van der Waals surface area contributed by atoms with Crippen molar-refractivity contribution >= 4 is 17.7 Å². The largest absolute Gasteiger partial charge is 0.417 e. The van der Waals surface area contributed by atoms with E-state index in [-0.39, 0.29) is 11.1 Å². The Morgan fingerprint density at radius 2 is 1.73 bits per heavy atom. The summed E-state index contributed by atoms with van der Waals surface area (Å²) in [5.74, 6) is -3.24. The van der Waals surface area contributed by atoms with Crippen LogP contribution in [0.3, 0.4) is 0 Å². The van der Waals surface area contributed by atoms with Crippen molar-refractivity contribution in [2.45, 2.75) is 15.9 Å². The van der Waals surface area contributed by atoms with E-state index < -0.39 is 17.0 Å². The number of fused-ring (bicyclic) bond motifs is 1. The lowest BCUT2D eigenvalue weighted by Gasteiger charge is -2.33. The summed E-state index contributed by atoms with van der Waals surface area (Å²) in [5, 5.41) is -3.49. The molecule has 0 aromatic heterocycles. The highest BCUT2D eigenvalue weighted by atomic mass is 32.2. The van der Waals surface area contributed by atoms with Crippen molar-refractivity contribution in [3.05, 3.63) is 65.7 Å². The highest BCUT2D eigenvalue weighted by molar-refractivity contribution is 8.00. The molecule has 0 bridgehead atoms. The van der Waals surface area contributed by atoms with E-state index in [2.05, 4.69) is 0 Å². The minimum atomic E-state index is -3.49. The summed E-state index contributed by atoms with van der Waals surface area (Å²) in [6, 6.07) is 14.2. The molecular weight excluding hydrogens is 310 g/mol. The standard InChI is InChI=1S/C16H12F2O3S/c1-20-15(13-10-6-5-9-12(13)14(19)21-15)16(17,18)22-11-7-3-2-4-8-11/h2-10H,1H3. The van der Waals surface area contributed by atoms with Crippen LogP contribution in [0.1, 0.15) is 15.9 Å². The fraction of sp³-hybridized carbons (Fsp3) is 0.188. The fourth-order valence-corrected chi connectivity index (χ4v) is 3.34. The number of thioether (sulfide) groups is 1. The summed E-state index contributed by atoms with van der Waals surface area (Å²) in [6.45, 7) is 0. The lowest BCUT2D eigenvalue weighted by atomic mass is 10.0. The van der Waals surface area contributed by atoms with E-state index in [4.69, 9.17) is 9.47 Å². The minimum Gasteiger partial charge on any atom is -0.417 e. The molecule has 114 valence electrons. The summed E-state index contributed by atoms with van der Waals surface area (Å²) in [6.07, 6.45) is 0. The van der Waals surface area contributed by atoms with Gasteiger partial charge in [0, 0.05) is 17.6 Å². The molecule has 2 aromatic carbocycles. The molecule has 0 saturated heterocycles. The molecule has 1 heterocycles. The third kappa shape index (κ3) is 2.19. The average molecular weight is 322 g/mol. The zero-order valence-electron chi connectivity index (χ0n) is 11.6. The maximum Gasteiger partial charge on any atom is 0.366 e. The van der Waals surface area contributed by atoms with Crippen LogP contribution in [-0.4, -0.2) is 18.3 Å². The summed E-state index contributed by atoms with van der Waals surface area (Å²) in [4.78, 5) is 12.2. The smallest absolute Gasteiger partial charge is 0.366 e. The fourth-order valence-electron chi connectivity index (χ4n) is 2.38. The van der Waals surface area contributed by atoms with E-state index in [1.54, 1.807) is 42.5 Å². The van der Waals surface area contributed by atoms with Gasteiger partial charge < -0.3 is 9.47 Å². The topological polar surface area (TPSA) is 35.5 Å². The Morgan fingerprint density at radius 3 is 2.41 bits per heavy atom. The van der Waals surface area contributed by atoms with Gasteiger partial charge in [-0.2, -0.15) is 8.78 Å². The van der Waals surface area contributed by atoms with E-state index in [0.29, 0.717) is 16.7 Å². The van der Waals surface area contributed by atoms with Crippen molar-refractivity contribution in [2.24, 2.45) is 0 Å². The number of hydrogen-bond acceptors (Lipinski definition) is 4. The molecule has 0 amide bonds. The lowest BCUT2D eigenvalue weighted by Crippen LogP contribution is -2.45. The van der Waals surface area contributed by atoms with E-state index in [9.17, 15) is 13.6 Å². The molecule has 1 unspecified atom stereocenters. The van der Waals surface area contributed by atoms with Crippen molar-refractivity contribution in [1.82, 2.24) is 0 Å². The summed E-state index contributed by atoms with van der Waals surface area (Å²) >= 11 is 0.297. The molecule has 1 aliphatic rings. The molecule has 0 aliphatic carbocycles. The third-order valence-corrected chi connectivity index (χ3v) is 4.43. The highest BCUT2D eigenvalue weighted by Crippen LogP contribution is 2.54. The highest BCUT2D eigenvalue weighted by Gasteiger charge is 2.64. The second-order valence-electron chi connectivity index (χ2n) is 4.69. The molecule has 0 radical (unpaired) electrons. The van der Waals surface area contributed by atoms with E-state index in [1.165, 1.54) is 12.1 Å². The van der Waals surface area contributed by atoms with Crippen LogP contribution in [0, 0.1) is 0 Å². The Kier molecular flexibility index (Phi) is 3.66. The van der Waals surface area contributed by atoms with Crippen molar-refractivity contribution in [3.8, 4) is 0 Å².